The molecule has 2 atom stereocenters. The van der Waals surface area contributed by atoms with Crippen molar-refractivity contribution in [1.82, 2.24) is 10.2 Å². The Morgan fingerprint density at radius 3 is 2.71 bits per heavy atom. The second-order valence-electron chi connectivity index (χ2n) is 7.27. The summed E-state index contributed by atoms with van der Waals surface area (Å²) in [5.74, 6) is 2.40. The number of carbonyl (C=O) groups is 1. The third-order valence-corrected chi connectivity index (χ3v) is 5.58. The van der Waals surface area contributed by atoms with Gasteiger partial charge in [0.25, 0.3) is 0 Å². The molecule has 0 aliphatic carbocycles. The third kappa shape index (κ3) is 3.22. The smallest absolute Gasteiger partial charge is 0.231 e. The Labute approximate surface area is 143 Å². The zero-order valence-electron chi connectivity index (χ0n) is 14.3. The molecular formula is C19H26N2O3. The van der Waals surface area contributed by atoms with E-state index in [0.717, 1.165) is 36.4 Å². The van der Waals surface area contributed by atoms with E-state index in [9.17, 15) is 4.79 Å². The van der Waals surface area contributed by atoms with Crippen LogP contribution < -0.4 is 14.8 Å². The molecule has 0 spiro atoms. The van der Waals surface area contributed by atoms with E-state index in [2.05, 4.69) is 12.2 Å². The molecule has 130 valence electrons. The van der Waals surface area contributed by atoms with Gasteiger partial charge in [0.05, 0.1) is 0 Å². The van der Waals surface area contributed by atoms with Crippen LogP contribution in [-0.2, 0) is 11.3 Å². The van der Waals surface area contributed by atoms with Crippen molar-refractivity contribution in [2.75, 3.05) is 13.3 Å². The van der Waals surface area contributed by atoms with E-state index in [1.807, 2.05) is 23.1 Å². The van der Waals surface area contributed by atoms with Gasteiger partial charge in [-0.15, -0.1) is 0 Å². The van der Waals surface area contributed by atoms with Crippen molar-refractivity contribution in [2.45, 2.75) is 57.7 Å². The van der Waals surface area contributed by atoms with Crippen molar-refractivity contribution in [3.05, 3.63) is 23.8 Å². The summed E-state index contributed by atoms with van der Waals surface area (Å²) in [7, 11) is 0. The van der Waals surface area contributed by atoms with Gasteiger partial charge in [-0.3, -0.25) is 4.79 Å². The third-order valence-electron chi connectivity index (χ3n) is 5.58. The molecule has 2 unspecified atom stereocenters. The Hall–Kier alpha value is -1.75. The van der Waals surface area contributed by atoms with Crippen LogP contribution in [-0.4, -0.2) is 36.2 Å². The Kier molecular flexibility index (Phi) is 4.35. The molecule has 1 amide bonds. The lowest BCUT2D eigenvalue weighted by atomic mass is 9.89. The molecule has 5 nitrogen and oxygen atoms in total. The van der Waals surface area contributed by atoms with Gasteiger partial charge in [0.2, 0.25) is 12.7 Å². The van der Waals surface area contributed by atoms with Crippen LogP contribution in [0.15, 0.2) is 18.2 Å². The molecule has 2 saturated heterocycles. The SMILES string of the molecule is CCN(Cc1ccc2c(c1)OCO2)C(=O)CC1CC2CCC(C1)N2. The molecule has 2 bridgehead atoms. The van der Waals surface area contributed by atoms with Crippen LogP contribution in [0.4, 0.5) is 0 Å². The van der Waals surface area contributed by atoms with Crippen LogP contribution in [0.3, 0.4) is 0 Å². The fourth-order valence-corrected chi connectivity index (χ4v) is 4.35. The number of carbonyl (C=O) groups excluding carboxylic acids is 1. The standard InChI is InChI=1S/C19H26N2O3/c1-2-21(11-13-3-6-17-18(9-13)24-12-23-17)19(22)10-14-7-15-4-5-16(8-14)20-15/h3,6,9,14-16,20H,2,4-5,7-8,10-12H2,1H3. The average Bonchev–Trinajstić information content (AvgIpc) is 3.18. The number of hydrogen-bond donors (Lipinski definition) is 1. The zero-order chi connectivity index (χ0) is 16.5. The van der Waals surface area contributed by atoms with Crippen LogP contribution in [0.1, 0.15) is 44.6 Å². The lowest BCUT2D eigenvalue weighted by molar-refractivity contribution is -0.132. The summed E-state index contributed by atoms with van der Waals surface area (Å²) in [5, 5.41) is 3.65. The fraction of sp³-hybridized carbons (Fsp3) is 0.632. The minimum atomic E-state index is 0.279. The highest BCUT2D eigenvalue weighted by molar-refractivity contribution is 5.76. The lowest BCUT2D eigenvalue weighted by Crippen LogP contribution is -2.40. The first-order chi connectivity index (χ1) is 11.7. The van der Waals surface area contributed by atoms with Gasteiger partial charge in [0.15, 0.2) is 11.5 Å². The van der Waals surface area contributed by atoms with E-state index in [4.69, 9.17) is 9.47 Å². The molecule has 1 N–H and O–H groups in total. The molecule has 5 heteroatoms. The van der Waals surface area contributed by atoms with Crippen LogP contribution in [0.5, 0.6) is 11.5 Å². The quantitative estimate of drug-likeness (QED) is 0.902. The number of piperidine rings is 1. The first-order valence-electron chi connectivity index (χ1n) is 9.13. The summed E-state index contributed by atoms with van der Waals surface area (Å²) >= 11 is 0. The highest BCUT2D eigenvalue weighted by Gasteiger charge is 2.34. The highest BCUT2D eigenvalue weighted by atomic mass is 16.7. The summed E-state index contributed by atoms with van der Waals surface area (Å²) in [5.41, 5.74) is 1.10. The summed E-state index contributed by atoms with van der Waals surface area (Å²) in [6.45, 7) is 3.72. The predicted octanol–water partition coefficient (Wildman–Crippen LogP) is 2.68. The average molecular weight is 330 g/mol. The van der Waals surface area contributed by atoms with Crippen molar-refractivity contribution in [3.8, 4) is 11.5 Å². The van der Waals surface area contributed by atoms with Crippen LogP contribution in [0.25, 0.3) is 0 Å². The summed E-state index contributed by atoms with van der Waals surface area (Å²) in [6.07, 6.45) is 5.56. The van der Waals surface area contributed by atoms with Crippen molar-refractivity contribution < 1.29 is 14.3 Å². The highest BCUT2D eigenvalue weighted by Crippen LogP contribution is 2.34. The van der Waals surface area contributed by atoms with Gasteiger partial charge < -0.3 is 19.7 Å². The molecule has 3 aliphatic rings. The summed E-state index contributed by atoms with van der Waals surface area (Å²) in [4.78, 5) is 14.7. The lowest BCUT2D eigenvalue weighted by Gasteiger charge is -2.30. The minimum Gasteiger partial charge on any atom is -0.454 e. The number of benzene rings is 1. The molecule has 0 aromatic heterocycles. The molecule has 1 aromatic carbocycles. The van der Waals surface area contributed by atoms with Crippen LogP contribution >= 0.6 is 0 Å². The van der Waals surface area contributed by atoms with Crippen LogP contribution in [0.2, 0.25) is 0 Å². The number of fused-ring (bicyclic) bond motifs is 3. The van der Waals surface area contributed by atoms with E-state index >= 15 is 0 Å². The number of ether oxygens (including phenoxy) is 2. The predicted molar refractivity (Wildman–Crippen MR) is 90.9 cm³/mol. The van der Waals surface area contributed by atoms with Crippen molar-refractivity contribution in [3.63, 3.8) is 0 Å². The van der Waals surface area contributed by atoms with E-state index in [0.29, 0.717) is 31.0 Å². The largest absolute Gasteiger partial charge is 0.454 e. The van der Waals surface area contributed by atoms with Gasteiger partial charge in [-0.25, -0.2) is 0 Å². The Morgan fingerprint density at radius 2 is 1.96 bits per heavy atom. The van der Waals surface area contributed by atoms with Gasteiger partial charge in [-0.05, 0) is 56.2 Å². The first-order valence-corrected chi connectivity index (χ1v) is 9.13. The Bertz CT molecular complexity index is 607. The first kappa shape index (κ1) is 15.8. The maximum Gasteiger partial charge on any atom is 0.231 e. The molecule has 3 aliphatic heterocycles. The monoisotopic (exact) mass is 330 g/mol. The number of nitrogens with zero attached hydrogens (tertiary/aromatic N) is 1. The van der Waals surface area contributed by atoms with Crippen molar-refractivity contribution >= 4 is 5.91 Å². The topological polar surface area (TPSA) is 50.8 Å². The maximum atomic E-state index is 12.8. The maximum absolute atomic E-state index is 12.8. The zero-order valence-corrected chi connectivity index (χ0v) is 14.3. The number of rotatable bonds is 5. The number of nitrogens with one attached hydrogen (secondary N) is 1. The molecule has 4 rings (SSSR count). The fourth-order valence-electron chi connectivity index (χ4n) is 4.35. The van der Waals surface area contributed by atoms with Gasteiger partial charge >= 0.3 is 0 Å². The molecule has 3 heterocycles. The summed E-state index contributed by atoms with van der Waals surface area (Å²) < 4.78 is 10.8. The second kappa shape index (κ2) is 6.63. The Morgan fingerprint density at radius 1 is 1.21 bits per heavy atom. The van der Waals surface area contributed by atoms with E-state index in [1.54, 1.807) is 0 Å². The second-order valence-corrected chi connectivity index (χ2v) is 7.27. The molecule has 0 radical (unpaired) electrons. The molecule has 24 heavy (non-hydrogen) atoms. The van der Waals surface area contributed by atoms with E-state index in [-0.39, 0.29) is 12.7 Å². The van der Waals surface area contributed by atoms with Gasteiger partial charge in [0.1, 0.15) is 0 Å². The molecule has 2 fully saturated rings. The number of amides is 1. The van der Waals surface area contributed by atoms with Gasteiger partial charge in [-0.2, -0.15) is 0 Å². The summed E-state index contributed by atoms with van der Waals surface area (Å²) in [6, 6.07) is 7.23. The van der Waals surface area contributed by atoms with Gasteiger partial charge in [0, 0.05) is 31.6 Å². The van der Waals surface area contributed by atoms with Gasteiger partial charge in [-0.1, -0.05) is 6.07 Å². The minimum absolute atomic E-state index is 0.279. The Balaban J connectivity index is 1.37. The van der Waals surface area contributed by atoms with Crippen molar-refractivity contribution in [2.24, 2.45) is 5.92 Å². The van der Waals surface area contributed by atoms with Crippen molar-refractivity contribution in [1.29, 1.82) is 0 Å². The molecular weight excluding hydrogens is 304 g/mol. The number of hydrogen-bond acceptors (Lipinski definition) is 4. The molecule has 0 saturated carbocycles. The molecule has 1 aromatic rings. The normalized spacial score (nSPS) is 27.3. The van der Waals surface area contributed by atoms with Crippen LogP contribution in [0, 0.1) is 5.92 Å². The van der Waals surface area contributed by atoms with E-state index in [1.165, 1.54) is 12.8 Å². The van der Waals surface area contributed by atoms with E-state index < -0.39 is 0 Å².